The number of hydrogen-bond donors (Lipinski definition) is 2. The third kappa shape index (κ3) is 5.06. The Hall–Kier alpha value is -3.61. The van der Waals surface area contributed by atoms with Gasteiger partial charge in [0.1, 0.15) is 6.04 Å². The number of rotatable bonds is 7. The fraction of sp³-hybridized carbons (Fsp3) is 0.452. The van der Waals surface area contributed by atoms with Gasteiger partial charge in [-0.05, 0) is 50.3 Å². The Morgan fingerprint density at radius 1 is 1.05 bits per heavy atom. The van der Waals surface area contributed by atoms with Gasteiger partial charge < -0.3 is 15.5 Å². The van der Waals surface area contributed by atoms with E-state index in [0.29, 0.717) is 24.2 Å². The summed E-state index contributed by atoms with van der Waals surface area (Å²) in [6.45, 7) is 6.64. The summed E-state index contributed by atoms with van der Waals surface area (Å²) in [6, 6.07) is 14.7. The summed E-state index contributed by atoms with van der Waals surface area (Å²) >= 11 is 0. The topological polar surface area (TPSA) is 81.8 Å². The Morgan fingerprint density at radius 3 is 2.47 bits per heavy atom. The van der Waals surface area contributed by atoms with Crippen LogP contribution in [0.2, 0.25) is 0 Å². The van der Waals surface area contributed by atoms with Gasteiger partial charge in [0.05, 0.1) is 23.9 Å². The smallest absolute Gasteiger partial charge is 0.322 e. The molecule has 2 atom stereocenters. The van der Waals surface area contributed by atoms with E-state index in [0.717, 1.165) is 47.9 Å². The van der Waals surface area contributed by atoms with Crippen LogP contribution in [0.15, 0.2) is 59.8 Å². The zero-order valence-corrected chi connectivity index (χ0v) is 22.6. The highest BCUT2D eigenvalue weighted by molar-refractivity contribution is 6.03. The maximum Gasteiger partial charge on any atom is 0.322 e. The molecule has 2 N–H and O–H groups in total. The van der Waals surface area contributed by atoms with E-state index in [1.165, 1.54) is 6.42 Å². The first-order valence-corrected chi connectivity index (χ1v) is 13.9. The number of amides is 4. The lowest BCUT2D eigenvalue weighted by molar-refractivity contribution is -0.137. The largest absolute Gasteiger partial charge is 0.352 e. The molecule has 0 unspecified atom stereocenters. The maximum absolute atomic E-state index is 14.2. The molecule has 7 heteroatoms. The van der Waals surface area contributed by atoms with Crippen LogP contribution in [-0.4, -0.2) is 52.8 Å². The molecule has 7 nitrogen and oxygen atoms in total. The third-order valence-corrected chi connectivity index (χ3v) is 8.20. The lowest BCUT2D eigenvalue weighted by Crippen LogP contribution is -2.52. The highest BCUT2D eigenvalue weighted by Gasteiger charge is 2.47. The highest BCUT2D eigenvalue weighted by atomic mass is 16.2. The SMILES string of the molecule is CCN1C(=O)N[C@@H](c2ccc(C)cc2C)C2=C1CN([C@@H](Cc1ccccc1)C(=O)NC1CCCCC1)C2=O. The van der Waals surface area contributed by atoms with Gasteiger partial charge in [0, 0.05) is 19.0 Å². The number of carbonyl (C=O) groups excluding carboxylic acids is 3. The molecule has 0 spiro atoms. The van der Waals surface area contributed by atoms with Gasteiger partial charge in [0.2, 0.25) is 5.91 Å². The molecule has 2 aromatic carbocycles. The van der Waals surface area contributed by atoms with E-state index >= 15 is 0 Å². The van der Waals surface area contributed by atoms with Crippen LogP contribution in [0.5, 0.6) is 0 Å². The Balaban J connectivity index is 1.50. The lowest BCUT2D eigenvalue weighted by atomic mass is 9.91. The van der Waals surface area contributed by atoms with Gasteiger partial charge in [-0.2, -0.15) is 0 Å². The van der Waals surface area contributed by atoms with E-state index in [9.17, 15) is 14.4 Å². The van der Waals surface area contributed by atoms with Crippen LogP contribution in [0.3, 0.4) is 0 Å². The molecule has 3 aliphatic rings. The molecule has 0 bridgehead atoms. The van der Waals surface area contributed by atoms with E-state index in [1.54, 1.807) is 9.80 Å². The normalized spacial score (nSPS) is 20.9. The molecular formula is C31H38N4O3. The number of urea groups is 1. The predicted octanol–water partition coefficient (Wildman–Crippen LogP) is 4.55. The molecule has 1 fully saturated rings. The van der Waals surface area contributed by atoms with Crippen LogP contribution in [0, 0.1) is 13.8 Å². The summed E-state index contributed by atoms with van der Waals surface area (Å²) in [6.07, 6.45) is 5.81. The molecule has 200 valence electrons. The summed E-state index contributed by atoms with van der Waals surface area (Å²) < 4.78 is 0. The molecule has 1 aliphatic carbocycles. The molecule has 38 heavy (non-hydrogen) atoms. The molecule has 0 saturated heterocycles. The summed E-state index contributed by atoms with van der Waals surface area (Å²) in [5.41, 5.74) is 5.33. The van der Waals surface area contributed by atoms with Crippen molar-refractivity contribution < 1.29 is 14.4 Å². The molecule has 2 heterocycles. The van der Waals surface area contributed by atoms with Crippen LogP contribution >= 0.6 is 0 Å². The number of hydrogen-bond acceptors (Lipinski definition) is 3. The van der Waals surface area contributed by atoms with Gasteiger partial charge >= 0.3 is 6.03 Å². The van der Waals surface area contributed by atoms with Gasteiger partial charge in [0.25, 0.3) is 5.91 Å². The van der Waals surface area contributed by atoms with Crippen molar-refractivity contribution in [1.82, 2.24) is 20.4 Å². The number of aryl methyl sites for hydroxylation is 2. The Bertz CT molecular complexity index is 1250. The second-order valence-electron chi connectivity index (χ2n) is 10.8. The number of likely N-dealkylation sites (N-methyl/N-ethyl adjacent to an activating group) is 1. The molecule has 0 aromatic heterocycles. The first-order chi connectivity index (χ1) is 18.4. The van der Waals surface area contributed by atoms with Gasteiger partial charge in [-0.15, -0.1) is 0 Å². The van der Waals surface area contributed by atoms with E-state index in [2.05, 4.69) is 16.7 Å². The highest BCUT2D eigenvalue weighted by Crippen LogP contribution is 2.38. The Morgan fingerprint density at radius 2 is 1.79 bits per heavy atom. The Kier molecular flexibility index (Phi) is 7.54. The van der Waals surface area contributed by atoms with Gasteiger partial charge in [0.15, 0.2) is 0 Å². The first kappa shape index (κ1) is 26.0. The number of carbonyl (C=O) groups is 3. The van der Waals surface area contributed by atoms with Crippen molar-refractivity contribution in [2.45, 2.75) is 77.4 Å². The molecule has 4 amide bonds. The fourth-order valence-electron chi connectivity index (χ4n) is 6.21. The van der Waals surface area contributed by atoms with Crippen LogP contribution < -0.4 is 10.6 Å². The van der Waals surface area contributed by atoms with Crippen molar-refractivity contribution >= 4 is 17.8 Å². The van der Waals surface area contributed by atoms with Crippen LogP contribution in [0.1, 0.15) is 67.3 Å². The van der Waals surface area contributed by atoms with Gasteiger partial charge in [-0.25, -0.2) is 4.79 Å². The summed E-state index contributed by atoms with van der Waals surface area (Å²) in [4.78, 5) is 44.5. The zero-order chi connectivity index (χ0) is 26.8. The maximum atomic E-state index is 14.2. The zero-order valence-electron chi connectivity index (χ0n) is 22.6. The average Bonchev–Trinajstić information content (AvgIpc) is 3.24. The first-order valence-electron chi connectivity index (χ1n) is 13.9. The monoisotopic (exact) mass is 514 g/mol. The molecular weight excluding hydrogens is 476 g/mol. The van der Waals surface area contributed by atoms with E-state index in [1.807, 2.05) is 63.2 Å². The second kappa shape index (κ2) is 11.0. The molecule has 0 radical (unpaired) electrons. The standard InChI is InChI=1S/C31H38N4O3/c1-4-34-26-19-35(30(37)27(26)28(33-31(34)38)24-16-15-20(2)17-21(24)3)25(18-22-11-7-5-8-12-22)29(36)32-23-13-9-6-10-14-23/h5,7-8,11-12,15-17,23,25,28H,4,6,9-10,13-14,18-19H2,1-3H3,(H,32,36)(H,33,38)/t25-,28-/m0/s1. The fourth-order valence-corrected chi connectivity index (χ4v) is 6.21. The summed E-state index contributed by atoms with van der Waals surface area (Å²) in [5.74, 6) is -0.289. The van der Waals surface area contributed by atoms with Crippen molar-refractivity contribution in [1.29, 1.82) is 0 Å². The van der Waals surface area contributed by atoms with Crippen molar-refractivity contribution in [2.24, 2.45) is 0 Å². The quantitative estimate of drug-likeness (QED) is 0.569. The lowest BCUT2D eigenvalue weighted by Gasteiger charge is -2.33. The predicted molar refractivity (Wildman–Crippen MR) is 147 cm³/mol. The number of nitrogens with zero attached hydrogens (tertiary/aromatic N) is 2. The van der Waals surface area contributed by atoms with E-state index < -0.39 is 12.1 Å². The minimum Gasteiger partial charge on any atom is -0.352 e. The second-order valence-corrected chi connectivity index (χ2v) is 10.8. The Labute approximate surface area is 225 Å². The summed E-state index contributed by atoms with van der Waals surface area (Å²) in [5, 5.41) is 6.34. The van der Waals surface area contributed by atoms with Gasteiger partial charge in [-0.1, -0.05) is 73.4 Å². The minimum absolute atomic E-state index is 0.112. The van der Waals surface area contributed by atoms with Crippen LogP contribution in [0.4, 0.5) is 4.79 Å². The average molecular weight is 515 g/mol. The number of benzene rings is 2. The van der Waals surface area contributed by atoms with E-state index in [4.69, 9.17) is 0 Å². The van der Waals surface area contributed by atoms with Crippen molar-refractivity contribution in [3.05, 3.63) is 82.1 Å². The van der Waals surface area contributed by atoms with Crippen molar-refractivity contribution in [3.8, 4) is 0 Å². The van der Waals surface area contributed by atoms with E-state index in [-0.39, 0.29) is 30.4 Å². The third-order valence-electron chi connectivity index (χ3n) is 8.20. The van der Waals surface area contributed by atoms with Crippen LogP contribution in [0.25, 0.3) is 0 Å². The number of nitrogens with one attached hydrogen (secondary N) is 2. The summed E-state index contributed by atoms with van der Waals surface area (Å²) in [7, 11) is 0. The van der Waals surface area contributed by atoms with Crippen molar-refractivity contribution in [3.63, 3.8) is 0 Å². The van der Waals surface area contributed by atoms with Gasteiger partial charge in [-0.3, -0.25) is 14.5 Å². The molecule has 5 rings (SSSR count). The van der Waals surface area contributed by atoms with Crippen LogP contribution in [-0.2, 0) is 16.0 Å². The van der Waals surface area contributed by atoms with Crippen molar-refractivity contribution in [2.75, 3.05) is 13.1 Å². The minimum atomic E-state index is -0.661. The molecule has 1 saturated carbocycles. The molecule has 2 aromatic rings. The molecule has 2 aliphatic heterocycles.